The molecule has 1 aromatic carbocycles. The van der Waals surface area contributed by atoms with Gasteiger partial charge < -0.3 is 15.0 Å². The Balaban J connectivity index is 1.73. The first-order valence-corrected chi connectivity index (χ1v) is 9.51. The van der Waals surface area contributed by atoms with E-state index in [1.165, 1.54) is 17.7 Å². The van der Waals surface area contributed by atoms with Crippen LogP contribution in [0.3, 0.4) is 0 Å². The van der Waals surface area contributed by atoms with Crippen LogP contribution in [0.5, 0.6) is 5.75 Å². The van der Waals surface area contributed by atoms with Crippen molar-refractivity contribution in [3.05, 3.63) is 29.8 Å². The Labute approximate surface area is 144 Å². The first kappa shape index (κ1) is 18.0. The minimum atomic E-state index is 0.738. The summed E-state index contributed by atoms with van der Waals surface area (Å²) in [4.78, 5) is 6.85. The van der Waals surface area contributed by atoms with Crippen LogP contribution < -0.4 is 10.1 Å². The molecule has 1 saturated heterocycles. The van der Waals surface area contributed by atoms with Crippen LogP contribution in [0.4, 0.5) is 0 Å². The zero-order valence-corrected chi connectivity index (χ0v) is 15.4. The molecule has 0 saturated carbocycles. The topological polar surface area (TPSA) is 36.9 Å². The van der Waals surface area contributed by atoms with Crippen LogP contribution in [-0.2, 0) is 6.42 Å². The van der Waals surface area contributed by atoms with Crippen molar-refractivity contribution in [1.82, 2.24) is 10.2 Å². The van der Waals surface area contributed by atoms with Crippen molar-refractivity contribution in [3.63, 3.8) is 0 Å². The first-order valence-electron chi connectivity index (χ1n) is 8.47. The molecular weight excluding hydrogens is 306 g/mol. The molecule has 1 unspecified atom stereocenters. The summed E-state index contributed by atoms with van der Waals surface area (Å²) in [6.45, 7) is 5.43. The highest BCUT2D eigenvalue weighted by Crippen LogP contribution is 2.21. The zero-order chi connectivity index (χ0) is 16.5. The molecule has 0 radical (unpaired) electrons. The highest BCUT2D eigenvalue weighted by Gasteiger charge is 2.21. The fraction of sp³-hybridized carbons (Fsp3) is 0.611. The predicted octanol–water partition coefficient (Wildman–Crippen LogP) is 3.03. The summed E-state index contributed by atoms with van der Waals surface area (Å²) in [6.07, 6.45) is 3.40. The van der Waals surface area contributed by atoms with Gasteiger partial charge in [0.05, 0.1) is 7.11 Å². The number of ether oxygens (including phenoxy) is 1. The second-order valence-corrected chi connectivity index (χ2v) is 7.18. The highest BCUT2D eigenvalue weighted by molar-refractivity contribution is 8.00. The molecule has 1 atom stereocenters. The van der Waals surface area contributed by atoms with E-state index in [0.29, 0.717) is 0 Å². The Morgan fingerprint density at radius 2 is 2.17 bits per heavy atom. The van der Waals surface area contributed by atoms with Crippen LogP contribution in [0, 0.1) is 0 Å². The average molecular weight is 336 g/mol. The zero-order valence-electron chi connectivity index (χ0n) is 14.5. The maximum Gasteiger partial charge on any atom is 0.193 e. The van der Waals surface area contributed by atoms with E-state index in [4.69, 9.17) is 4.74 Å². The second kappa shape index (κ2) is 9.71. The fourth-order valence-electron chi connectivity index (χ4n) is 2.78. The summed E-state index contributed by atoms with van der Waals surface area (Å²) in [5.74, 6) is 3.17. The number of nitrogens with one attached hydrogen (secondary N) is 1. The molecule has 1 aliphatic heterocycles. The number of thioether (sulfide) groups is 1. The number of benzene rings is 1. The normalized spacial score (nSPS) is 18.8. The van der Waals surface area contributed by atoms with Gasteiger partial charge in [0, 0.05) is 37.7 Å². The van der Waals surface area contributed by atoms with E-state index in [2.05, 4.69) is 46.0 Å². The van der Waals surface area contributed by atoms with Crippen molar-refractivity contribution >= 4 is 17.7 Å². The lowest BCUT2D eigenvalue weighted by Crippen LogP contribution is -2.48. The first-order chi connectivity index (χ1) is 11.3. The minimum absolute atomic E-state index is 0.738. The van der Waals surface area contributed by atoms with Gasteiger partial charge in [0.2, 0.25) is 0 Å². The van der Waals surface area contributed by atoms with Gasteiger partial charge in [-0.3, -0.25) is 4.99 Å². The Morgan fingerprint density at radius 1 is 1.39 bits per heavy atom. The third-order valence-corrected chi connectivity index (χ3v) is 5.56. The van der Waals surface area contributed by atoms with Crippen LogP contribution in [-0.4, -0.2) is 55.7 Å². The number of hydrogen-bond donors (Lipinski definition) is 1. The van der Waals surface area contributed by atoms with E-state index in [0.717, 1.165) is 49.4 Å². The molecule has 0 spiro atoms. The summed E-state index contributed by atoms with van der Waals surface area (Å²) in [7, 11) is 3.58. The quantitative estimate of drug-likeness (QED) is 0.492. The minimum Gasteiger partial charge on any atom is -0.497 e. The lowest BCUT2D eigenvalue weighted by atomic mass is 10.1. The predicted molar refractivity (Wildman–Crippen MR) is 101 cm³/mol. The van der Waals surface area contributed by atoms with Crippen molar-refractivity contribution in [1.29, 1.82) is 0 Å². The molecule has 1 aromatic rings. The van der Waals surface area contributed by atoms with Gasteiger partial charge in [-0.2, -0.15) is 11.8 Å². The summed E-state index contributed by atoms with van der Waals surface area (Å²) in [6, 6.07) is 8.33. The van der Waals surface area contributed by atoms with Gasteiger partial charge in [-0.05, 0) is 37.0 Å². The molecular formula is C18H29N3OS. The second-order valence-electron chi connectivity index (χ2n) is 5.77. The molecule has 1 fully saturated rings. The number of aliphatic imine (C=N–C) groups is 1. The smallest absolute Gasteiger partial charge is 0.193 e. The van der Waals surface area contributed by atoms with Crippen molar-refractivity contribution in [2.75, 3.05) is 39.5 Å². The third-order valence-electron chi connectivity index (χ3n) is 4.19. The number of aryl methyl sites for hydroxylation is 1. The third kappa shape index (κ3) is 5.65. The molecule has 2 rings (SSSR count). The molecule has 23 heavy (non-hydrogen) atoms. The Morgan fingerprint density at radius 3 is 2.83 bits per heavy atom. The van der Waals surface area contributed by atoms with Crippen molar-refractivity contribution < 1.29 is 4.74 Å². The van der Waals surface area contributed by atoms with Gasteiger partial charge in [-0.25, -0.2) is 0 Å². The van der Waals surface area contributed by atoms with E-state index in [1.807, 2.05) is 19.2 Å². The van der Waals surface area contributed by atoms with E-state index in [-0.39, 0.29) is 0 Å². The molecule has 0 aliphatic carbocycles. The SMILES string of the molecule is CCC1CN(C(=NC)NCCCc2ccc(OC)cc2)CCS1. The highest BCUT2D eigenvalue weighted by atomic mass is 32.2. The molecule has 0 aromatic heterocycles. The van der Waals surface area contributed by atoms with Crippen molar-refractivity contribution in [2.45, 2.75) is 31.4 Å². The van der Waals surface area contributed by atoms with Crippen molar-refractivity contribution in [3.8, 4) is 5.75 Å². The van der Waals surface area contributed by atoms with E-state index < -0.39 is 0 Å². The fourth-order valence-corrected chi connectivity index (χ4v) is 3.96. The maximum absolute atomic E-state index is 5.19. The number of rotatable bonds is 6. The molecule has 1 aliphatic rings. The van der Waals surface area contributed by atoms with Crippen LogP contribution in [0.1, 0.15) is 25.3 Å². The molecule has 1 N–H and O–H groups in total. The van der Waals surface area contributed by atoms with E-state index in [9.17, 15) is 0 Å². The largest absolute Gasteiger partial charge is 0.497 e. The van der Waals surface area contributed by atoms with Crippen LogP contribution in [0.2, 0.25) is 0 Å². The van der Waals surface area contributed by atoms with Crippen molar-refractivity contribution in [2.24, 2.45) is 4.99 Å². The lowest BCUT2D eigenvalue weighted by Gasteiger charge is -2.34. The van der Waals surface area contributed by atoms with Gasteiger partial charge in [0.15, 0.2) is 5.96 Å². The van der Waals surface area contributed by atoms with E-state index >= 15 is 0 Å². The van der Waals surface area contributed by atoms with Gasteiger partial charge >= 0.3 is 0 Å². The Kier molecular flexibility index (Phi) is 7.59. The van der Waals surface area contributed by atoms with Crippen LogP contribution in [0.25, 0.3) is 0 Å². The molecule has 128 valence electrons. The summed E-state index contributed by atoms with van der Waals surface area (Å²) >= 11 is 2.09. The Bertz CT molecular complexity index is 490. The van der Waals surface area contributed by atoms with Crippen LogP contribution >= 0.6 is 11.8 Å². The molecule has 4 nitrogen and oxygen atoms in total. The molecule has 0 bridgehead atoms. The van der Waals surface area contributed by atoms with E-state index in [1.54, 1.807) is 7.11 Å². The van der Waals surface area contributed by atoms with Gasteiger partial charge in [0.1, 0.15) is 5.75 Å². The standard InChI is InChI=1S/C18H29N3OS/c1-4-17-14-21(12-13-23-17)18(19-2)20-11-5-6-15-7-9-16(22-3)10-8-15/h7-10,17H,4-6,11-14H2,1-3H3,(H,19,20). The number of nitrogens with zero attached hydrogens (tertiary/aromatic N) is 2. The number of methoxy groups -OCH3 is 1. The Hall–Kier alpha value is -1.36. The van der Waals surface area contributed by atoms with Gasteiger partial charge in [-0.15, -0.1) is 0 Å². The molecule has 1 heterocycles. The maximum atomic E-state index is 5.19. The lowest BCUT2D eigenvalue weighted by molar-refractivity contribution is 0.408. The monoisotopic (exact) mass is 335 g/mol. The average Bonchev–Trinajstić information content (AvgIpc) is 2.62. The van der Waals surface area contributed by atoms with Gasteiger partial charge in [-0.1, -0.05) is 19.1 Å². The van der Waals surface area contributed by atoms with Crippen LogP contribution in [0.15, 0.2) is 29.3 Å². The molecule has 0 amide bonds. The summed E-state index contributed by atoms with van der Waals surface area (Å²) < 4.78 is 5.19. The number of guanidine groups is 1. The summed E-state index contributed by atoms with van der Waals surface area (Å²) in [5, 5.41) is 4.26. The van der Waals surface area contributed by atoms with Gasteiger partial charge in [0.25, 0.3) is 0 Å². The molecule has 5 heteroatoms. The summed E-state index contributed by atoms with van der Waals surface area (Å²) in [5.41, 5.74) is 1.35. The number of hydrogen-bond acceptors (Lipinski definition) is 3.